The Morgan fingerprint density at radius 1 is 0.962 bits per heavy atom. The molecule has 0 spiro atoms. The Hall–Kier alpha value is -2.54. The van der Waals surface area contributed by atoms with Crippen LogP contribution in [-0.4, -0.2) is 38.6 Å². The van der Waals surface area contributed by atoms with E-state index in [9.17, 15) is 13.2 Å². The van der Waals surface area contributed by atoms with Crippen molar-refractivity contribution in [3.05, 3.63) is 60.2 Å². The number of anilines is 2. The smallest absolute Gasteiger partial charge is 0.249 e. The van der Waals surface area contributed by atoms with Crippen molar-refractivity contribution < 1.29 is 13.2 Å². The van der Waals surface area contributed by atoms with E-state index in [1.54, 1.807) is 24.3 Å². The van der Waals surface area contributed by atoms with Crippen LogP contribution in [0.15, 0.2) is 54.6 Å². The molecule has 1 atom stereocenters. The van der Waals surface area contributed by atoms with E-state index >= 15 is 0 Å². The van der Waals surface area contributed by atoms with Gasteiger partial charge in [0, 0.05) is 24.5 Å². The molecule has 1 saturated heterocycles. The zero-order chi connectivity index (χ0) is 18.6. The summed E-state index contributed by atoms with van der Waals surface area (Å²) >= 11 is 0. The minimum Gasteiger partial charge on any atom is -0.370 e. The van der Waals surface area contributed by atoms with Gasteiger partial charge < -0.3 is 10.2 Å². The van der Waals surface area contributed by atoms with Crippen molar-refractivity contribution in [3.63, 3.8) is 0 Å². The van der Waals surface area contributed by atoms with Crippen molar-refractivity contribution in [2.24, 2.45) is 0 Å². The van der Waals surface area contributed by atoms with Crippen LogP contribution in [0.25, 0.3) is 0 Å². The molecule has 0 unspecified atom stereocenters. The van der Waals surface area contributed by atoms with Crippen molar-refractivity contribution >= 4 is 27.3 Å². The molecule has 0 saturated carbocycles. The molecule has 1 fully saturated rings. The van der Waals surface area contributed by atoms with Gasteiger partial charge in [0.1, 0.15) is 6.04 Å². The van der Waals surface area contributed by atoms with Gasteiger partial charge in [0.25, 0.3) is 0 Å². The number of likely N-dealkylation sites (tertiary alicyclic amines) is 1. The highest BCUT2D eigenvalue weighted by Gasteiger charge is 2.27. The minimum absolute atomic E-state index is 0.0621. The summed E-state index contributed by atoms with van der Waals surface area (Å²) in [4.78, 5) is 14.9. The van der Waals surface area contributed by atoms with E-state index in [-0.39, 0.29) is 5.91 Å². The molecule has 0 bridgehead atoms. The number of hydrogen-bond donors (Lipinski definition) is 2. The summed E-state index contributed by atoms with van der Waals surface area (Å²) in [5.74, 6) is 0.0621. The summed E-state index contributed by atoms with van der Waals surface area (Å²) in [7, 11) is -3.31. The SMILES string of the molecule is CS(=O)(=O)Nc1ccc(N[C@H](C(=O)N2CCCC2)c2ccccc2)cc1. The third kappa shape index (κ3) is 4.76. The fraction of sp³-hybridized carbons (Fsp3) is 0.316. The molecule has 1 heterocycles. The summed E-state index contributed by atoms with van der Waals surface area (Å²) in [5.41, 5.74) is 2.15. The zero-order valence-electron chi connectivity index (χ0n) is 14.7. The second kappa shape index (κ2) is 7.78. The minimum atomic E-state index is -3.31. The Morgan fingerprint density at radius 2 is 1.54 bits per heavy atom. The lowest BCUT2D eigenvalue weighted by atomic mass is 10.1. The molecular formula is C19H23N3O3S. The van der Waals surface area contributed by atoms with Gasteiger partial charge in [-0.3, -0.25) is 9.52 Å². The maximum atomic E-state index is 13.0. The molecule has 0 aliphatic carbocycles. The topological polar surface area (TPSA) is 78.5 Å². The molecule has 7 heteroatoms. The van der Waals surface area contributed by atoms with E-state index in [2.05, 4.69) is 10.0 Å². The van der Waals surface area contributed by atoms with Crippen LogP contribution in [0.4, 0.5) is 11.4 Å². The fourth-order valence-corrected chi connectivity index (χ4v) is 3.63. The van der Waals surface area contributed by atoms with Crippen LogP contribution >= 0.6 is 0 Å². The molecule has 1 aliphatic heterocycles. The van der Waals surface area contributed by atoms with E-state index in [0.717, 1.165) is 43.4 Å². The number of amides is 1. The van der Waals surface area contributed by atoms with Gasteiger partial charge in [0.05, 0.1) is 6.26 Å². The number of hydrogen-bond acceptors (Lipinski definition) is 4. The number of rotatable bonds is 6. The molecule has 0 aromatic heterocycles. The van der Waals surface area contributed by atoms with E-state index < -0.39 is 16.1 Å². The first kappa shape index (κ1) is 18.3. The lowest BCUT2D eigenvalue weighted by Crippen LogP contribution is -2.36. The third-order valence-corrected chi connectivity index (χ3v) is 4.90. The van der Waals surface area contributed by atoms with Gasteiger partial charge in [-0.15, -0.1) is 0 Å². The van der Waals surface area contributed by atoms with Crippen molar-refractivity contribution in [1.82, 2.24) is 4.90 Å². The molecule has 2 N–H and O–H groups in total. The summed E-state index contributed by atoms with van der Waals surface area (Å²) < 4.78 is 25.0. The Kier molecular flexibility index (Phi) is 5.46. The molecule has 26 heavy (non-hydrogen) atoms. The first-order valence-corrected chi connectivity index (χ1v) is 10.5. The zero-order valence-corrected chi connectivity index (χ0v) is 15.5. The lowest BCUT2D eigenvalue weighted by Gasteiger charge is -2.25. The van der Waals surface area contributed by atoms with E-state index in [1.165, 1.54) is 0 Å². The van der Waals surface area contributed by atoms with Crippen molar-refractivity contribution in [3.8, 4) is 0 Å². The first-order chi connectivity index (χ1) is 12.4. The molecule has 6 nitrogen and oxygen atoms in total. The molecule has 2 aromatic carbocycles. The molecule has 1 aliphatic rings. The molecule has 1 amide bonds. The van der Waals surface area contributed by atoms with Crippen LogP contribution < -0.4 is 10.0 Å². The van der Waals surface area contributed by atoms with Crippen molar-refractivity contribution in [2.75, 3.05) is 29.4 Å². The van der Waals surface area contributed by atoms with Crippen LogP contribution in [0.2, 0.25) is 0 Å². The van der Waals surface area contributed by atoms with Crippen molar-refractivity contribution in [1.29, 1.82) is 0 Å². The first-order valence-electron chi connectivity index (χ1n) is 8.60. The molecule has 138 valence electrons. The van der Waals surface area contributed by atoms with Crippen LogP contribution in [0, 0.1) is 0 Å². The van der Waals surface area contributed by atoms with Gasteiger partial charge in [-0.05, 0) is 42.7 Å². The largest absolute Gasteiger partial charge is 0.370 e. The van der Waals surface area contributed by atoms with Gasteiger partial charge in [-0.25, -0.2) is 8.42 Å². The van der Waals surface area contributed by atoms with Crippen LogP contribution in [-0.2, 0) is 14.8 Å². The number of sulfonamides is 1. The average molecular weight is 373 g/mol. The van der Waals surface area contributed by atoms with Crippen LogP contribution in [0.1, 0.15) is 24.4 Å². The maximum absolute atomic E-state index is 13.0. The molecule has 2 aromatic rings. The fourth-order valence-electron chi connectivity index (χ4n) is 3.07. The lowest BCUT2D eigenvalue weighted by molar-refractivity contribution is -0.131. The Balaban J connectivity index is 1.80. The van der Waals surface area contributed by atoms with Crippen molar-refractivity contribution in [2.45, 2.75) is 18.9 Å². The standard InChI is InChI=1S/C19H23N3O3S/c1-26(24,25)21-17-11-9-16(10-12-17)20-18(15-7-3-2-4-8-15)19(23)22-13-5-6-14-22/h2-4,7-12,18,20-21H,5-6,13-14H2,1H3/t18-/m0/s1. The highest BCUT2D eigenvalue weighted by atomic mass is 32.2. The Morgan fingerprint density at radius 3 is 2.12 bits per heavy atom. The van der Waals surface area contributed by atoms with Gasteiger partial charge in [0.2, 0.25) is 15.9 Å². The second-order valence-corrected chi connectivity index (χ2v) is 8.22. The third-order valence-electron chi connectivity index (χ3n) is 4.30. The average Bonchev–Trinajstić information content (AvgIpc) is 3.15. The molecule has 0 radical (unpaired) electrons. The van der Waals surface area contributed by atoms with E-state index in [4.69, 9.17) is 0 Å². The van der Waals surface area contributed by atoms with E-state index in [1.807, 2.05) is 35.2 Å². The number of nitrogens with one attached hydrogen (secondary N) is 2. The number of benzene rings is 2. The van der Waals surface area contributed by atoms with Gasteiger partial charge in [-0.1, -0.05) is 30.3 Å². The van der Waals surface area contributed by atoms with E-state index in [0.29, 0.717) is 5.69 Å². The Bertz CT molecular complexity index is 845. The number of nitrogens with zero attached hydrogens (tertiary/aromatic N) is 1. The van der Waals surface area contributed by atoms with Crippen LogP contribution in [0.3, 0.4) is 0 Å². The molecule has 3 rings (SSSR count). The quantitative estimate of drug-likeness (QED) is 0.816. The monoisotopic (exact) mass is 373 g/mol. The predicted molar refractivity (Wildman–Crippen MR) is 104 cm³/mol. The normalized spacial score (nSPS) is 15.5. The summed E-state index contributed by atoms with van der Waals surface area (Å²) in [5, 5.41) is 3.29. The number of carbonyl (C=O) groups excluding carboxylic acids is 1. The predicted octanol–water partition coefficient (Wildman–Crippen LogP) is 2.83. The van der Waals surface area contributed by atoms with Gasteiger partial charge in [0.15, 0.2) is 0 Å². The summed E-state index contributed by atoms with van der Waals surface area (Å²) in [6.45, 7) is 1.59. The maximum Gasteiger partial charge on any atom is 0.249 e. The summed E-state index contributed by atoms with van der Waals surface area (Å²) in [6, 6.07) is 16.0. The van der Waals surface area contributed by atoms with Gasteiger partial charge >= 0.3 is 0 Å². The van der Waals surface area contributed by atoms with Gasteiger partial charge in [-0.2, -0.15) is 0 Å². The number of carbonyl (C=O) groups is 1. The van der Waals surface area contributed by atoms with Crippen LogP contribution in [0.5, 0.6) is 0 Å². The molecular weight excluding hydrogens is 350 g/mol. The highest BCUT2D eigenvalue weighted by Crippen LogP contribution is 2.25. The second-order valence-electron chi connectivity index (χ2n) is 6.47. The summed E-state index contributed by atoms with van der Waals surface area (Å²) in [6.07, 6.45) is 3.19. The Labute approximate surface area is 154 Å². The highest BCUT2D eigenvalue weighted by molar-refractivity contribution is 7.92.